The molecule has 0 spiro atoms. The summed E-state index contributed by atoms with van der Waals surface area (Å²) >= 11 is 3.21. The van der Waals surface area contributed by atoms with E-state index in [4.69, 9.17) is 0 Å². The van der Waals surface area contributed by atoms with Crippen molar-refractivity contribution in [1.82, 2.24) is 4.31 Å². The Kier molecular flexibility index (Phi) is 5.55. The number of benzene rings is 2. The summed E-state index contributed by atoms with van der Waals surface area (Å²) in [5.41, 5.74) is 0.297. The van der Waals surface area contributed by atoms with Crippen LogP contribution in [0.25, 0.3) is 0 Å². The maximum absolute atomic E-state index is 12.3. The minimum atomic E-state index is -3.58. The maximum Gasteiger partial charge on any atom is 0.271 e. The number of carbonyl (C=O) groups is 1. The molecular weight excluding hydrogens is 414 g/mol. The molecule has 0 fully saturated rings. The molecule has 0 aliphatic rings. The van der Waals surface area contributed by atoms with Gasteiger partial charge in [0.15, 0.2) is 0 Å². The number of anilines is 1. The highest BCUT2D eigenvalue weighted by molar-refractivity contribution is 9.10. The van der Waals surface area contributed by atoms with Crippen molar-refractivity contribution in [2.24, 2.45) is 0 Å². The largest absolute Gasteiger partial charge is 0.321 e. The van der Waals surface area contributed by atoms with Gasteiger partial charge in [-0.15, -0.1) is 0 Å². The number of hydrogen-bond donors (Lipinski definition) is 1. The molecule has 8 nitrogen and oxygen atoms in total. The first kappa shape index (κ1) is 19.0. The SMILES string of the molecule is CN(C)S(=O)(=O)c1ccc(C(=O)Nc2cc([N+](=O)[O-])ccc2Br)cc1. The van der Waals surface area contributed by atoms with E-state index in [0.29, 0.717) is 4.47 Å². The van der Waals surface area contributed by atoms with Gasteiger partial charge in [0, 0.05) is 36.3 Å². The average Bonchev–Trinajstić information content (AvgIpc) is 2.56. The van der Waals surface area contributed by atoms with E-state index < -0.39 is 20.9 Å². The molecular formula is C15H14BrN3O5S. The Bertz CT molecular complexity index is 927. The summed E-state index contributed by atoms with van der Waals surface area (Å²) in [4.78, 5) is 22.6. The van der Waals surface area contributed by atoms with Crippen molar-refractivity contribution in [3.05, 3.63) is 62.6 Å². The summed E-state index contributed by atoms with van der Waals surface area (Å²) in [7, 11) is -0.756. The van der Waals surface area contributed by atoms with Crippen molar-refractivity contribution >= 4 is 43.2 Å². The number of amides is 1. The van der Waals surface area contributed by atoms with Crippen molar-refractivity contribution in [3.8, 4) is 0 Å². The van der Waals surface area contributed by atoms with Gasteiger partial charge in [0.2, 0.25) is 10.0 Å². The van der Waals surface area contributed by atoms with Crippen LogP contribution in [0.1, 0.15) is 10.4 Å². The lowest BCUT2D eigenvalue weighted by molar-refractivity contribution is -0.384. The molecule has 0 unspecified atom stereocenters. The van der Waals surface area contributed by atoms with Gasteiger partial charge >= 0.3 is 0 Å². The molecule has 0 bridgehead atoms. The number of nitrogens with one attached hydrogen (secondary N) is 1. The second-order valence-electron chi connectivity index (χ2n) is 5.19. The first-order chi connectivity index (χ1) is 11.6. The Labute approximate surface area is 152 Å². The smallest absolute Gasteiger partial charge is 0.271 e. The molecule has 10 heteroatoms. The van der Waals surface area contributed by atoms with Gasteiger partial charge in [-0.1, -0.05) is 0 Å². The number of halogens is 1. The topological polar surface area (TPSA) is 110 Å². The van der Waals surface area contributed by atoms with Gasteiger partial charge in [-0.25, -0.2) is 12.7 Å². The van der Waals surface area contributed by atoms with Crippen LogP contribution in [-0.2, 0) is 10.0 Å². The van der Waals surface area contributed by atoms with Crippen LogP contribution in [-0.4, -0.2) is 37.6 Å². The highest BCUT2D eigenvalue weighted by Gasteiger charge is 2.18. The summed E-state index contributed by atoms with van der Waals surface area (Å²) in [6.07, 6.45) is 0. The number of carbonyl (C=O) groups excluding carboxylic acids is 1. The summed E-state index contributed by atoms with van der Waals surface area (Å²) in [5, 5.41) is 13.4. The van der Waals surface area contributed by atoms with E-state index in [9.17, 15) is 23.3 Å². The predicted octanol–water partition coefficient (Wildman–Crippen LogP) is 2.86. The van der Waals surface area contributed by atoms with E-state index >= 15 is 0 Å². The van der Waals surface area contributed by atoms with Gasteiger partial charge in [0.25, 0.3) is 11.6 Å². The summed E-state index contributed by atoms with van der Waals surface area (Å²) in [5.74, 6) is -0.519. The van der Waals surface area contributed by atoms with Crippen molar-refractivity contribution in [2.75, 3.05) is 19.4 Å². The van der Waals surface area contributed by atoms with Gasteiger partial charge in [-0.2, -0.15) is 0 Å². The summed E-state index contributed by atoms with van der Waals surface area (Å²) in [6, 6.07) is 9.39. The third-order valence-corrected chi connectivity index (χ3v) is 5.82. The number of nitro benzene ring substituents is 1. The molecule has 0 heterocycles. The standard InChI is InChI=1S/C15H14BrN3O5S/c1-18(2)25(23,24)12-6-3-10(4-7-12)15(20)17-14-9-11(19(21)22)5-8-13(14)16/h3-9H,1-2H3,(H,17,20). The quantitative estimate of drug-likeness (QED) is 0.582. The maximum atomic E-state index is 12.3. The van der Waals surface area contributed by atoms with Crippen LogP contribution >= 0.6 is 15.9 Å². The first-order valence-electron chi connectivity index (χ1n) is 6.91. The number of sulfonamides is 1. The second-order valence-corrected chi connectivity index (χ2v) is 8.19. The van der Waals surface area contributed by atoms with Crippen molar-refractivity contribution < 1.29 is 18.1 Å². The molecule has 1 N–H and O–H groups in total. The van der Waals surface area contributed by atoms with Crippen LogP contribution in [0, 0.1) is 10.1 Å². The number of hydrogen-bond acceptors (Lipinski definition) is 5. The van der Waals surface area contributed by atoms with E-state index in [1.54, 1.807) is 0 Å². The number of nitro groups is 1. The van der Waals surface area contributed by atoms with Gasteiger partial charge in [0.05, 0.1) is 15.5 Å². The third-order valence-electron chi connectivity index (χ3n) is 3.30. The van der Waals surface area contributed by atoms with E-state index in [0.717, 1.165) is 4.31 Å². The van der Waals surface area contributed by atoms with Crippen molar-refractivity contribution in [2.45, 2.75) is 4.90 Å². The predicted molar refractivity (Wildman–Crippen MR) is 96.1 cm³/mol. The molecule has 0 atom stereocenters. The Balaban J connectivity index is 2.25. The fourth-order valence-electron chi connectivity index (χ4n) is 1.91. The van der Waals surface area contributed by atoms with E-state index in [1.165, 1.54) is 56.6 Å². The van der Waals surface area contributed by atoms with Crippen LogP contribution in [0.5, 0.6) is 0 Å². The first-order valence-corrected chi connectivity index (χ1v) is 9.14. The van der Waals surface area contributed by atoms with Crippen LogP contribution in [0.3, 0.4) is 0 Å². The van der Waals surface area contributed by atoms with Gasteiger partial charge in [-0.05, 0) is 46.3 Å². The summed E-state index contributed by atoms with van der Waals surface area (Å²) in [6.45, 7) is 0. The van der Waals surface area contributed by atoms with Gasteiger partial charge < -0.3 is 5.32 Å². The Hall–Kier alpha value is -2.30. The van der Waals surface area contributed by atoms with Gasteiger partial charge in [0.1, 0.15) is 0 Å². The molecule has 0 saturated heterocycles. The van der Waals surface area contributed by atoms with Crippen molar-refractivity contribution in [1.29, 1.82) is 0 Å². The minimum absolute atomic E-state index is 0.0607. The lowest BCUT2D eigenvalue weighted by atomic mass is 10.2. The highest BCUT2D eigenvalue weighted by Crippen LogP contribution is 2.27. The fourth-order valence-corrected chi connectivity index (χ4v) is 3.15. The average molecular weight is 428 g/mol. The van der Waals surface area contributed by atoms with E-state index in [2.05, 4.69) is 21.2 Å². The zero-order chi connectivity index (χ0) is 18.8. The Morgan fingerprint density at radius 1 is 1.16 bits per heavy atom. The molecule has 0 saturated carbocycles. The molecule has 0 aliphatic carbocycles. The molecule has 132 valence electrons. The van der Waals surface area contributed by atoms with Crippen LogP contribution in [0.4, 0.5) is 11.4 Å². The molecule has 2 aromatic rings. The Morgan fingerprint density at radius 3 is 2.28 bits per heavy atom. The molecule has 0 aromatic heterocycles. The molecule has 0 radical (unpaired) electrons. The van der Waals surface area contributed by atoms with Crippen LogP contribution in [0.2, 0.25) is 0 Å². The van der Waals surface area contributed by atoms with E-state index in [-0.39, 0.29) is 21.8 Å². The van der Waals surface area contributed by atoms with E-state index in [1.807, 2.05) is 0 Å². The third kappa shape index (κ3) is 4.21. The Morgan fingerprint density at radius 2 is 1.76 bits per heavy atom. The number of nitrogens with zero attached hydrogens (tertiary/aromatic N) is 2. The highest BCUT2D eigenvalue weighted by atomic mass is 79.9. The summed E-state index contributed by atoms with van der Waals surface area (Å²) < 4.78 is 25.6. The molecule has 2 rings (SSSR count). The zero-order valence-corrected chi connectivity index (χ0v) is 15.7. The second kappa shape index (κ2) is 7.30. The lowest BCUT2D eigenvalue weighted by Gasteiger charge is -2.12. The van der Waals surface area contributed by atoms with Crippen LogP contribution < -0.4 is 5.32 Å². The van der Waals surface area contributed by atoms with Crippen molar-refractivity contribution in [3.63, 3.8) is 0 Å². The molecule has 1 amide bonds. The molecule has 0 aliphatic heterocycles. The number of non-ortho nitro benzene ring substituents is 1. The number of rotatable bonds is 5. The zero-order valence-electron chi connectivity index (χ0n) is 13.3. The minimum Gasteiger partial charge on any atom is -0.321 e. The normalized spacial score (nSPS) is 11.4. The fraction of sp³-hybridized carbons (Fsp3) is 0.133. The monoisotopic (exact) mass is 427 g/mol. The molecule has 25 heavy (non-hydrogen) atoms. The lowest BCUT2D eigenvalue weighted by Crippen LogP contribution is -2.22. The van der Waals surface area contributed by atoms with Crippen LogP contribution in [0.15, 0.2) is 51.8 Å². The molecule has 2 aromatic carbocycles. The van der Waals surface area contributed by atoms with Gasteiger partial charge in [-0.3, -0.25) is 14.9 Å².